The molecule has 0 aromatic carbocycles. The minimum atomic E-state index is 0.931. The molecule has 0 aliphatic carbocycles. The maximum atomic E-state index is 4.06. The van der Waals surface area contributed by atoms with E-state index in [9.17, 15) is 0 Å². The summed E-state index contributed by atoms with van der Waals surface area (Å²) in [6, 6.07) is 0. The van der Waals surface area contributed by atoms with Crippen LogP contribution in [-0.2, 0) is 7.05 Å². The van der Waals surface area contributed by atoms with E-state index < -0.39 is 0 Å². The van der Waals surface area contributed by atoms with Gasteiger partial charge in [-0.05, 0) is 6.92 Å². The number of hydrogen-bond acceptors (Lipinski definition) is 4. The molecule has 0 N–H and O–H groups in total. The van der Waals surface area contributed by atoms with E-state index >= 15 is 0 Å². The van der Waals surface area contributed by atoms with E-state index in [1.807, 2.05) is 20.2 Å². The SMILES string of the molecule is Cc1nnc(-c2cnn(C)c2)s1. The second kappa shape index (κ2) is 2.67. The Labute approximate surface area is 73.9 Å². The van der Waals surface area contributed by atoms with E-state index in [0.29, 0.717) is 0 Å². The molecule has 0 spiro atoms. The van der Waals surface area contributed by atoms with Crippen molar-refractivity contribution in [3.63, 3.8) is 0 Å². The lowest BCUT2D eigenvalue weighted by Crippen LogP contribution is -1.83. The summed E-state index contributed by atoms with van der Waals surface area (Å²) in [7, 11) is 1.89. The normalized spacial score (nSPS) is 10.5. The molecule has 62 valence electrons. The number of hydrogen-bond donors (Lipinski definition) is 0. The monoisotopic (exact) mass is 180 g/mol. The first kappa shape index (κ1) is 7.42. The van der Waals surface area contributed by atoms with Gasteiger partial charge in [-0.25, -0.2) is 0 Å². The van der Waals surface area contributed by atoms with Crippen molar-refractivity contribution in [2.45, 2.75) is 6.92 Å². The third-order valence-electron chi connectivity index (χ3n) is 1.48. The Kier molecular flexibility index (Phi) is 1.65. The quantitative estimate of drug-likeness (QED) is 0.663. The predicted molar refractivity (Wildman–Crippen MR) is 46.8 cm³/mol. The van der Waals surface area contributed by atoms with E-state index in [2.05, 4.69) is 15.3 Å². The van der Waals surface area contributed by atoms with Gasteiger partial charge in [0.15, 0.2) is 5.01 Å². The Balaban J connectivity index is 2.43. The number of aryl methyl sites for hydroxylation is 2. The molecule has 0 aliphatic rings. The summed E-state index contributed by atoms with van der Waals surface area (Å²) < 4.78 is 1.76. The van der Waals surface area contributed by atoms with Crippen LogP contribution in [-0.4, -0.2) is 20.0 Å². The Bertz CT molecular complexity index is 351. The number of rotatable bonds is 1. The van der Waals surface area contributed by atoms with Gasteiger partial charge in [0.05, 0.1) is 11.8 Å². The molecule has 0 atom stereocenters. The molecular formula is C7H8N4S. The minimum Gasteiger partial charge on any atom is -0.275 e. The van der Waals surface area contributed by atoms with Gasteiger partial charge in [-0.15, -0.1) is 10.2 Å². The highest BCUT2D eigenvalue weighted by Crippen LogP contribution is 2.21. The fraction of sp³-hybridized carbons (Fsp3) is 0.286. The maximum Gasteiger partial charge on any atom is 0.150 e. The first-order valence-corrected chi connectivity index (χ1v) is 4.36. The zero-order valence-corrected chi connectivity index (χ0v) is 7.67. The van der Waals surface area contributed by atoms with Crippen LogP contribution in [0.4, 0.5) is 0 Å². The van der Waals surface area contributed by atoms with Crippen molar-refractivity contribution in [1.82, 2.24) is 20.0 Å². The average Bonchev–Trinajstić information content (AvgIpc) is 2.58. The molecule has 0 saturated heterocycles. The van der Waals surface area contributed by atoms with Gasteiger partial charge in [0.25, 0.3) is 0 Å². The fourth-order valence-corrected chi connectivity index (χ4v) is 1.61. The summed E-state index contributed by atoms with van der Waals surface area (Å²) in [5.74, 6) is 0. The van der Waals surface area contributed by atoms with Crippen LogP contribution < -0.4 is 0 Å². The minimum absolute atomic E-state index is 0.931. The molecular weight excluding hydrogens is 172 g/mol. The number of aromatic nitrogens is 4. The van der Waals surface area contributed by atoms with Gasteiger partial charge < -0.3 is 0 Å². The van der Waals surface area contributed by atoms with Crippen LogP contribution in [0.3, 0.4) is 0 Å². The van der Waals surface area contributed by atoms with Crippen LogP contribution >= 0.6 is 11.3 Å². The molecule has 5 heteroatoms. The Morgan fingerprint density at radius 1 is 1.42 bits per heavy atom. The highest BCUT2D eigenvalue weighted by Gasteiger charge is 2.04. The zero-order chi connectivity index (χ0) is 8.55. The van der Waals surface area contributed by atoms with Crippen LogP contribution in [0, 0.1) is 6.92 Å². The van der Waals surface area contributed by atoms with Crippen LogP contribution in [0.25, 0.3) is 10.6 Å². The van der Waals surface area contributed by atoms with Crippen LogP contribution in [0.1, 0.15) is 5.01 Å². The van der Waals surface area contributed by atoms with Crippen molar-refractivity contribution in [1.29, 1.82) is 0 Å². The summed E-state index contributed by atoms with van der Waals surface area (Å²) in [6.07, 6.45) is 3.72. The summed E-state index contributed by atoms with van der Waals surface area (Å²) in [6.45, 7) is 1.94. The fourth-order valence-electron chi connectivity index (χ4n) is 0.945. The maximum absolute atomic E-state index is 4.06. The van der Waals surface area contributed by atoms with Crippen LogP contribution in [0.5, 0.6) is 0 Å². The van der Waals surface area contributed by atoms with E-state index in [-0.39, 0.29) is 0 Å². The Hall–Kier alpha value is -1.23. The van der Waals surface area contributed by atoms with Crippen molar-refractivity contribution < 1.29 is 0 Å². The lowest BCUT2D eigenvalue weighted by molar-refractivity contribution is 0.768. The van der Waals surface area contributed by atoms with Crippen molar-refractivity contribution in [3.8, 4) is 10.6 Å². The lowest BCUT2D eigenvalue weighted by atomic mass is 10.4. The van der Waals surface area contributed by atoms with E-state index in [4.69, 9.17) is 0 Å². The third-order valence-corrected chi connectivity index (χ3v) is 2.37. The van der Waals surface area contributed by atoms with Gasteiger partial charge in [-0.2, -0.15) is 5.10 Å². The molecule has 2 rings (SSSR count). The highest BCUT2D eigenvalue weighted by atomic mass is 32.1. The Morgan fingerprint density at radius 2 is 2.25 bits per heavy atom. The molecule has 2 aromatic heterocycles. The van der Waals surface area contributed by atoms with Gasteiger partial charge in [0.1, 0.15) is 5.01 Å². The third kappa shape index (κ3) is 1.23. The standard InChI is InChI=1S/C7H8N4S/c1-5-9-10-7(12-5)6-3-8-11(2)4-6/h3-4H,1-2H3. The summed E-state index contributed by atoms with van der Waals surface area (Å²) in [4.78, 5) is 0. The first-order valence-electron chi connectivity index (χ1n) is 3.55. The highest BCUT2D eigenvalue weighted by molar-refractivity contribution is 7.14. The molecule has 0 saturated carbocycles. The number of nitrogens with zero attached hydrogens (tertiary/aromatic N) is 4. The second-order valence-corrected chi connectivity index (χ2v) is 3.71. The smallest absolute Gasteiger partial charge is 0.150 e. The molecule has 4 nitrogen and oxygen atoms in total. The van der Waals surface area contributed by atoms with Gasteiger partial charge in [-0.3, -0.25) is 4.68 Å². The van der Waals surface area contributed by atoms with Gasteiger partial charge >= 0.3 is 0 Å². The van der Waals surface area contributed by atoms with E-state index in [1.165, 1.54) is 0 Å². The summed E-state index contributed by atoms with van der Waals surface area (Å²) >= 11 is 1.58. The van der Waals surface area contributed by atoms with Crippen LogP contribution in [0.2, 0.25) is 0 Å². The predicted octanol–water partition coefficient (Wildman–Crippen LogP) is 1.25. The van der Waals surface area contributed by atoms with Gasteiger partial charge in [0, 0.05) is 13.2 Å². The molecule has 12 heavy (non-hydrogen) atoms. The van der Waals surface area contributed by atoms with E-state index in [0.717, 1.165) is 15.6 Å². The molecule has 0 bridgehead atoms. The average molecular weight is 180 g/mol. The molecule has 0 unspecified atom stereocenters. The van der Waals surface area contributed by atoms with Gasteiger partial charge in [0.2, 0.25) is 0 Å². The molecule has 0 aliphatic heterocycles. The Morgan fingerprint density at radius 3 is 2.75 bits per heavy atom. The lowest BCUT2D eigenvalue weighted by Gasteiger charge is -1.83. The first-order chi connectivity index (χ1) is 5.75. The topological polar surface area (TPSA) is 43.6 Å². The molecule has 2 heterocycles. The summed E-state index contributed by atoms with van der Waals surface area (Å²) in [5.41, 5.74) is 1.03. The largest absolute Gasteiger partial charge is 0.275 e. The molecule has 0 amide bonds. The molecule has 0 radical (unpaired) electrons. The molecule has 2 aromatic rings. The second-order valence-electron chi connectivity index (χ2n) is 2.53. The van der Waals surface area contributed by atoms with Gasteiger partial charge in [-0.1, -0.05) is 11.3 Å². The van der Waals surface area contributed by atoms with E-state index in [1.54, 1.807) is 22.2 Å². The van der Waals surface area contributed by atoms with Crippen molar-refractivity contribution in [2.75, 3.05) is 0 Å². The summed E-state index contributed by atoms with van der Waals surface area (Å²) in [5, 5.41) is 13.9. The van der Waals surface area contributed by atoms with Crippen molar-refractivity contribution in [2.24, 2.45) is 7.05 Å². The molecule has 0 fully saturated rings. The van der Waals surface area contributed by atoms with Crippen LogP contribution in [0.15, 0.2) is 12.4 Å². The zero-order valence-electron chi connectivity index (χ0n) is 6.85. The van der Waals surface area contributed by atoms with Crippen molar-refractivity contribution in [3.05, 3.63) is 17.4 Å². The van der Waals surface area contributed by atoms with Crippen molar-refractivity contribution >= 4 is 11.3 Å².